The molecular weight excluding hydrogens is 462 g/mol. The molecule has 4 aliphatic heterocycles. The second kappa shape index (κ2) is 8.47. The highest BCUT2D eigenvalue weighted by atomic mass is 16.6. The Morgan fingerprint density at radius 2 is 2.03 bits per heavy atom. The molecule has 2 aromatic carbocycles. The van der Waals surface area contributed by atoms with Crippen molar-refractivity contribution < 1.29 is 28.9 Å². The first-order valence-electron chi connectivity index (χ1n) is 12.4. The molecular formula is C27H31N3O6. The van der Waals surface area contributed by atoms with Crippen LogP contribution in [0.25, 0.3) is 0 Å². The van der Waals surface area contributed by atoms with Crippen molar-refractivity contribution in [2.45, 2.75) is 37.6 Å². The normalized spacial score (nSPS) is 28.9. The number of phenols is 1. The summed E-state index contributed by atoms with van der Waals surface area (Å²) in [6.45, 7) is 6.29. The van der Waals surface area contributed by atoms with Crippen LogP contribution in [0.4, 0.5) is 11.4 Å². The van der Waals surface area contributed by atoms with Crippen molar-refractivity contribution >= 4 is 23.2 Å². The summed E-state index contributed by atoms with van der Waals surface area (Å²) in [6, 6.07) is 12.7. The predicted molar refractivity (Wildman–Crippen MR) is 132 cm³/mol. The highest BCUT2D eigenvalue weighted by Crippen LogP contribution is 2.54. The zero-order valence-corrected chi connectivity index (χ0v) is 20.5. The van der Waals surface area contributed by atoms with Gasteiger partial charge in [-0.15, -0.1) is 0 Å². The van der Waals surface area contributed by atoms with Crippen molar-refractivity contribution in [3.05, 3.63) is 48.0 Å². The smallest absolute Gasteiger partial charge is 0.244 e. The van der Waals surface area contributed by atoms with Crippen molar-refractivity contribution in [2.75, 3.05) is 49.6 Å². The summed E-state index contributed by atoms with van der Waals surface area (Å²) in [5, 5.41) is 13.2. The summed E-state index contributed by atoms with van der Waals surface area (Å²) in [5.41, 5.74) is 1.09. The molecule has 0 radical (unpaired) electrons. The second-order valence-corrected chi connectivity index (χ2v) is 10.7. The molecule has 2 aromatic rings. The van der Waals surface area contributed by atoms with Crippen molar-refractivity contribution in [2.24, 2.45) is 5.92 Å². The molecule has 4 heterocycles. The van der Waals surface area contributed by atoms with Gasteiger partial charge in [-0.3, -0.25) is 19.4 Å². The van der Waals surface area contributed by atoms with E-state index in [0.717, 1.165) is 11.3 Å². The van der Waals surface area contributed by atoms with E-state index in [1.807, 2.05) is 44.2 Å². The third-order valence-corrected chi connectivity index (χ3v) is 7.83. The Kier molecular flexibility index (Phi) is 5.47. The SMILES string of the molecule is CC1(C)Oc2c(O)cccc2[C@H]2OC[C@@]3(C[C@@H]21)CN(CC(=O)N1CC(=O)Nc2ccccc21)CCO3. The van der Waals surface area contributed by atoms with E-state index in [1.54, 1.807) is 17.0 Å². The van der Waals surface area contributed by atoms with Gasteiger partial charge < -0.3 is 24.6 Å². The molecule has 0 aromatic heterocycles. The number of benzene rings is 2. The number of rotatable bonds is 2. The van der Waals surface area contributed by atoms with E-state index < -0.39 is 11.2 Å². The highest BCUT2D eigenvalue weighted by molar-refractivity contribution is 6.10. The van der Waals surface area contributed by atoms with E-state index in [0.29, 0.717) is 44.2 Å². The van der Waals surface area contributed by atoms with Crippen molar-refractivity contribution in [1.82, 2.24) is 4.90 Å². The predicted octanol–water partition coefficient (Wildman–Crippen LogP) is 2.70. The lowest BCUT2D eigenvalue weighted by Crippen LogP contribution is -2.62. The number of carbonyl (C=O) groups excluding carboxylic acids is 2. The summed E-state index contributed by atoms with van der Waals surface area (Å²) in [5.74, 6) is 0.304. The molecule has 4 aliphatic rings. The summed E-state index contributed by atoms with van der Waals surface area (Å²) in [7, 11) is 0. The minimum atomic E-state index is -0.573. The summed E-state index contributed by atoms with van der Waals surface area (Å²) < 4.78 is 19.0. The van der Waals surface area contributed by atoms with Gasteiger partial charge in [-0.25, -0.2) is 0 Å². The van der Waals surface area contributed by atoms with E-state index in [1.165, 1.54) is 0 Å². The lowest BCUT2D eigenvalue weighted by molar-refractivity contribution is -0.230. The van der Waals surface area contributed by atoms with E-state index in [9.17, 15) is 14.7 Å². The number of hydrogen-bond acceptors (Lipinski definition) is 7. The van der Waals surface area contributed by atoms with Crippen LogP contribution in [0.5, 0.6) is 11.5 Å². The number of anilines is 2. The molecule has 2 amide bonds. The van der Waals surface area contributed by atoms with E-state index in [-0.39, 0.29) is 42.7 Å². The Morgan fingerprint density at radius 1 is 1.19 bits per heavy atom. The van der Waals surface area contributed by atoms with Crippen LogP contribution in [0.15, 0.2) is 42.5 Å². The molecule has 2 N–H and O–H groups in total. The maximum Gasteiger partial charge on any atom is 0.244 e. The number of fused-ring (bicyclic) bond motifs is 4. The van der Waals surface area contributed by atoms with Crippen molar-refractivity contribution in [3.63, 3.8) is 0 Å². The molecule has 9 heteroatoms. The average molecular weight is 494 g/mol. The number of nitrogens with zero attached hydrogens (tertiary/aromatic N) is 2. The largest absolute Gasteiger partial charge is 0.504 e. The topological polar surface area (TPSA) is 101 Å². The van der Waals surface area contributed by atoms with Gasteiger partial charge in [0.25, 0.3) is 0 Å². The quantitative estimate of drug-likeness (QED) is 0.664. The van der Waals surface area contributed by atoms with Crippen molar-refractivity contribution in [1.29, 1.82) is 0 Å². The number of phenolic OH excluding ortho intramolecular Hbond substituents is 1. The van der Waals surface area contributed by atoms with Crippen molar-refractivity contribution in [3.8, 4) is 11.5 Å². The van der Waals surface area contributed by atoms with Gasteiger partial charge in [0.05, 0.1) is 37.2 Å². The molecule has 0 saturated carbocycles. The molecule has 1 spiro atoms. The number of carbonyl (C=O) groups is 2. The number of ether oxygens (including phenoxy) is 3. The molecule has 0 bridgehead atoms. The van der Waals surface area contributed by atoms with Crippen LogP contribution in [-0.2, 0) is 19.1 Å². The summed E-state index contributed by atoms with van der Waals surface area (Å²) in [6.07, 6.45) is 0.504. The van der Waals surface area contributed by atoms with Gasteiger partial charge in [0.1, 0.15) is 17.7 Å². The molecule has 190 valence electrons. The Hall–Kier alpha value is -3.14. The number of morpholine rings is 1. The number of hydrogen-bond donors (Lipinski definition) is 2. The molecule has 0 unspecified atom stereocenters. The molecule has 6 rings (SSSR count). The second-order valence-electron chi connectivity index (χ2n) is 10.7. The number of amides is 2. The maximum absolute atomic E-state index is 13.3. The lowest BCUT2D eigenvalue weighted by Gasteiger charge is -2.54. The minimum Gasteiger partial charge on any atom is -0.504 e. The maximum atomic E-state index is 13.3. The van der Waals surface area contributed by atoms with Crippen LogP contribution >= 0.6 is 0 Å². The first-order valence-corrected chi connectivity index (χ1v) is 12.4. The summed E-state index contributed by atoms with van der Waals surface area (Å²) >= 11 is 0. The van der Waals surface area contributed by atoms with Gasteiger partial charge in [0, 0.05) is 24.6 Å². The number of aromatic hydroxyl groups is 1. The molecule has 2 saturated heterocycles. The van der Waals surface area contributed by atoms with Crippen LogP contribution < -0.4 is 15.0 Å². The lowest BCUT2D eigenvalue weighted by atomic mass is 9.71. The van der Waals surface area contributed by atoms with Gasteiger partial charge in [-0.05, 0) is 38.5 Å². The van der Waals surface area contributed by atoms with E-state index in [4.69, 9.17) is 14.2 Å². The van der Waals surface area contributed by atoms with Crippen LogP contribution in [0.1, 0.15) is 31.9 Å². The average Bonchev–Trinajstić information content (AvgIpc) is 2.84. The Morgan fingerprint density at radius 3 is 2.89 bits per heavy atom. The number of nitrogens with one attached hydrogen (secondary N) is 1. The van der Waals surface area contributed by atoms with Crippen LogP contribution in [0.3, 0.4) is 0 Å². The van der Waals surface area contributed by atoms with E-state index >= 15 is 0 Å². The third-order valence-electron chi connectivity index (χ3n) is 7.83. The first-order chi connectivity index (χ1) is 17.2. The molecule has 2 fully saturated rings. The standard InChI is InChI=1S/C27H31N3O6/c1-26(2)18-12-27(16-34-24(18)17-6-5-9-21(31)25(17)36-26)15-29(10-11-35-27)14-23(33)30-13-22(32)28-19-7-3-4-8-20(19)30/h3-9,18,24,31H,10-16H2,1-2H3,(H,28,32)/t18-,24+,27+/m0/s1. The van der Waals surface area contributed by atoms with Crippen LogP contribution in [0.2, 0.25) is 0 Å². The third kappa shape index (κ3) is 3.91. The zero-order valence-electron chi connectivity index (χ0n) is 20.5. The fourth-order valence-corrected chi connectivity index (χ4v) is 6.06. The van der Waals surface area contributed by atoms with Gasteiger partial charge in [-0.2, -0.15) is 0 Å². The Labute approximate surface area is 209 Å². The van der Waals surface area contributed by atoms with Gasteiger partial charge in [0.2, 0.25) is 11.8 Å². The zero-order chi connectivity index (χ0) is 25.1. The Balaban J connectivity index is 1.19. The Bertz CT molecular complexity index is 1220. The van der Waals surface area contributed by atoms with Crippen LogP contribution in [0, 0.1) is 5.92 Å². The monoisotopic (exact) mass is 493 g/mol. The fraction of sp³-hybridized carbons (Fsp3) is 0.481. The highest BCUT2D eigenvalue weighted by Gasteiger charge is 2.54. The molecule has 0 aliphatic carbocycles. The van der Waals surface area contributed by atoms with Gasteiger partial charge in [0.15, 0.2) is 11.5 Å². The van der Waals surface area contributed by atoms with Gasteiger partial charge >= 0.3 is 0 Å². The molecule has 36 heavy (non-hydrogen) atoms. The summed E-state index contributed by atoms with van der Waals surface area (Å²) in [4.78, 5) is 29.2. The fourth-order valence-electron chi connectivity index (χ4n) is 6.06. The van der Waals surface area contributed by atoms with E-state index in [2.05, 4.69) is 10.2 Å². The first kappa shape index (κ1) is 23.3. The van der Waals surface area contributed by atoms with Gasteiger partial charge in [-0.1, -0.05) is 24.3 Å². The van der Waals surface area contributed by atoms with Crippen LogP contribution in [-0.4, -0.2) is 72.4 Å². The minimum absolute atomic E-state index is 0.00821. The number of para-hydroxylation sites is 3. The molecule has 9 nitrogen and oxygen atoms in total. The molecule has 3 atom stereocenters.